The molecule has 0 aliphatic carbocycles. The van der Waals surface area contributed by atoms with Crippen molar-refractivity contribution in [2.45, 2.75) is 18.2 Å². The van der Waals surface area contributed by atoms with E-state index in [2.05, 4.69) is 15.5 Å². The monoisotopic (exact) mass is 526 g/mol. The summed E-state index contributed by atoms with van der Waals surface area (Å²) in [4.78, 5) is 24.9. The highest BCUT2D eigenvalue weighted by molar-refractivity contribution is 7.93. The maximum Gasteiger partial charge on any atom is 0.343 e. The van der Waals surface area contributed by atoms with Gasteiger partial charge in [0.05, 0.1) is 18.4 Å². The summed E-state index contributed by atoms with van der Waals surface area (Å²) in [6.07, 6.45) is 1.33. The number of esters is 1. The summed E-state index contributed by atoms with van der Waals surface area (Å²) in [6, 6.07) is 14.5. The normalized spacial score (nSPS) is 11.6. The Morgan fingerprint density at radius 1 is 1.14 bits per heavy atom. The second kappa shape index (κ2) is 11.6. The molecule has 0 aliphatic heterocycles. The number of benzene rings is 2. The molecule has 2 aromatic carbocycles. The number of hydrogen-bond acceptors (Lipinski definition) is 10. The van der Waals surface area contributed by atoms with E-state index in [9.17, 15) is 23.3 Å². The molecule has 0 saturated carbocycles. The fourth-order valence-corrected chi connectivity index (χ4v) is 5.53. The van der Waals surface area contributed by atoms with Gasteiger partial charge < -0.3 is 9.47 Å². The zero-order chi connectivity index (χ0) is 26.3. The van der Waals surface area contributed by atoms with Crippen LogP contribution >= 0.6 is 11.3 Å². The highest BCUT2D eigenvalue weighted by Gasteiger charge is 2.23. The van der Waals surface area contributed by atoms with Gasteiger partial charge in [-0.3, -0.25) is 10.1 Å². The minimum Gasteiger partial charge on any atom is -0.497 e. The average Bonchev–Trinajstić information content (AvgIpc) is 3.32. The van der Waals surface area contributed by atoms with Crippen LogP contribution in [0.2, 0.25) is 0 Å². The molecule has 0 fully saturated rings. The summed E-state index contributed by atoms with van der Waals surface area (Å²) in [7, 11) is -2.12. The Bertz CT molecular complexity index is 1440. The van der Waals surface area contributed by atoms with Crippen LogP contribution in [0.5, 0.6) is 11.5 Å². The van der Waals surface area contributed by atoms with Crippen LogP contribution in [0.4, 0.5) is 5.13 Å². The fraction of sp³-hybridized carbons (Fsp3) is 0.208. The van der Waals surface area contributed by atoms with Crippen molar-refractivity contribution in [1.82, 2.24) is 10.2 Å². The lowest BCUT2D eigenvalue weighted by Gasteiger charge is -2.06. The molecule has 186 valence electrons. The largest absolute Gasteiger partial charge is 0.497 e. The van der Waals surface area contributed by atoms with Gasteiger partial charge in [-0.15, -0.1) is 10.2 Å². The fourth-order valence-electron chi connectivity index (χ4n) is 2.92. The molecule has 3 aromatic rings. The molecular formula is C24H22N4O6S2. The zero-order valence-electron chi connectivity index (χ0n) is 19.6. The number of carbonyl (C=O) groups excluding carboxylic acids is 2. The first-order valence-corrected chi connectivity index (χ1v) is 13.0. The molecule has 1 heterocycles. The lowest BCUT2D eigenvalue weighted by atomic mass is 10.1. The molecule has 0 radical (unpaired) electrons. The summed E-state index contributed by atoms with van der Waals surface area (Å²) < 4.78 is 34.8. The van der Waals surface area contributed by atoms with Crippen molar-refractivity contribution in [1.29, 1.82) is 5.26 Å². The molecule has 36 heavy (non-hydrogen) atoms. The highest BCUT2D eigenvalue weighted by Crippen LogP contribution is 2.23. The van der Waals surface area contributed by atoms with Crippen LogP contribution in [0.15, 0.2) is 58.4 Å². The second-order valence-corrected chi connectivity index (χ2v) is 11.0. The molecule has 0 aliphatic rings. The van der Waals surface area contributed by atoms with Gasteiger partial charge in [0.15, 0.2) is 0 Å². The molecule has 1 aromatic heterocycles. The van der Waals surface area contributed by atoms with Crippen molar-refractivity contribution in [3.63, 3.8) is 0 Å². The van der Waals surface area contributed by atoms with Gasteiger partial charge in [0.1, 0.15) is 23.1 Å². The van der Waals surface area contributed by atoms with E-state index in [-0.39, 0.29) is 32.5 Å². The van der Waals surface area contributed by atoms with E-state index in [0.29, 0.717) is 16.9 Å². The SMILES string of the molecule is COc1cccc(C(=O)Oc2ccc(/C=C(/C#N)C(=O)Nc3nnc(S(=O)(=O)CC(C)C)s3)cc2)c1. The Balaban J connectivity index is 1.67. The van der Waals surface area contributed by atoms with Gasteiger partial charge in [0.25, 0.3) is 5.91 Å². The van der Waals surface area contributed by atoms with E-state index < -0.39 is 21.7 Å². The molecule has 0 saturated heterocycles. The van der Waals surface area contributed by atoms with Crippen LogP contribution in [0.1, 0.15) is 29.8 Å². The van der Waals surface area contributed by atoms with Crippen LogP contribution in [0.25, 0.3) is 6.08 Å². The van der Waals surface area contributed by atoms with Crippen LogP contribution < -0.4 is 14.8 Å². The van der Waals surface area contributed by atoms with Gasteiger partial charge in [-0.05, 0) is 47.9 Å². The molecule has 3 rings (SSSR count). The smallest absolute Gasteiger partial charge is 0.343 e. The van der Waals surface area contributed by atoms with E-state index in [1.807, 2.05) is 0 Å². The number of nitriles is 1. The van der Waals surface area contributed by atoms with Crippen LogP contribution in [0, 0.1) is 17.2 Å². The van der Waals surface area contributed by atoms with Crippen molar-refractivity contribution >= 4 is 44.3 Å². The number of aromatic nitrogens is 2. The third kappa shape index (κ3) is 6.97. The van der Waals surface area contributed by atoms with E-state index in [4.69, 9.17) is 9.47 Å². The lowest BCUT2D eigenvalue weighted by Crippen LogP contribution is -2.13. The highest BCUT2D eigenvalue weighted by atomic mass is 32.2. The van der Waals surface area contributed by atoms with Crippen molar-refractivity contribution in [2.24, 2.45) is 5.92 Å². The molecule has 1 N–H and O–H groups in total. The number of nitrogens with zero attached hydrogens (tertiary/aromatic N) is 3. The van der Waals surface area contributed by atoms with Crippen molar-refractivity contribution in [3.8, 4) is 17.6 Å². The van der Waals surface area contributed by atoms with Gasteiger partial charge in [-0.1, -0.05) is 43.4 Å². The first-order valence-electron chi connectivity index (χ1n) is 10.6. The molecule has 0 atom stereocenters. The average molecular weight is 527 g/mol. The minimum atomic E-state index is -3.61. The number of ether oxygens (including phenoxy) is 2. The van der Waals surface area contributed by atoms with Crippen LogP contribution in [-0.2, 0) is 14.6 Å². The topological polar surface area (TPSA) is 148 Å². The third-order valence-electron chi connectivity index (χ3n) is 4.52. The summed E-state index contributed by atoms with van der Waals surface area (Å²) in [5.74, 6) is -0.733. The van der Waals surface area contributed by atoms with Crippen molar-refractivity contribution < 1.29 is 27.5 Å². The zero-order valence-corrected chi connectivity index (χ0v) is 21.2. The van der Waals surface area contributed by atoms with E-state index in [0.717, 1.165) is 11.3 Å². The Hall–Kier alpha value is -4.08. The van der Waals surface area contributed by atoms with E-state index in [1.54, 1.807) is 56.3 Å². The van der Waals surface area contributed by atoms with Gasteiger partial charge in [-0.2, -0.15) is 5.26 Å². The van der Waals surface area contributed by atoms with E-state index >= 15 is 0 Å². The molecule has 0 spiro atoms. The van der Waals surface area contributed by atoms with Crippen molar-refractivity contribution in [2.75, 3.05) is 18.2 Å². The van der Waals surface area contributed by atoms with Crippen LogP contribution in [0.3, 0.4) is 0 Å². The molecule has 0 bridgehead atoms. The Morgan fingerprint density at radius 3 is 2.50 bits per heavy atom. The first-order chi connectivity index (χ1) is 17.1. The van der Waals surface area contributed by atoms with Gasteiger partial charge in [0, 0.05) is 0 Å². The third-order valence-corrected chi connectivity index (χ3v) is 7.88. The minimum absolute atomic E-state index is 0.0386. The Labute approximate surface area is 212 Å². The molecule has 0 unspecified atom stereocenters. The van der Waals surface area contributed by atoms with Crippen molar-refractivity contribution in [3.05, 3.63) is 65.2 Å². The summed E-state index contributed by atoms with van der Waals surface area (Å²) in [5, 5.41) is 19.1. The molecule has 10 nitrogen and oxygen atoms in total. The van der Waals surface area contributed by atoms with Gasteiger partial charge in [-0.25, -0.2) is 13.2 Å². The molecule has 1 amide bonds. The molecular weight excluding hydrogens is 504 g/mol. The molecule has 12 heteroatoms. The number of hydrogen-bond donors (Lipinski definition) is 1. The number of sulfone groups is 1. The Morgan fingerprint density at radius 2 is 1.86 bits per heavy atom. The summed E-state index contributed by atoms with van der Waals surface area (Å²) in [5.41, 5.74) is 0.580. The standard InChI is InChI=1S/C24H22N4O6S2/c1-15(2)14-36(31,32)24-28-27-23(35-24)26-21(29)18(13-25)11-16-7-9-19(10-8-16)34-22(30)17-5-4-6-20(12-17)33-3/h4-12,15H,14H2,1-3H3,(H,26,27,29)/b18-11-. The summed E-state index contributed by atoms with van der Waals surface area (Å²) >= 11 is 0.717. The van der Waals surface area contributed by atoms with E-state index in [1.165, 1.54) is 25.3 Å². The van der Waals surface area contributed by atoms with Crippen LogP contribution in [-0.4, -0.2) is 43.4 Å². The second-order valence-electron chi connectivity index (χ2n) is 7.86. The number of amides is 1. The number of methoxy groups -OCH3 is 1. The number of anilines is 1. The maximum atomic E-state index is 12.5. The predicted octanol–water partition coefficient (Wildman–Crippen LogP) is 3.74. The summed E-state index contributed by atoms with van der Waals surface area (Å²) in [6.45, 7) is 3.53. The maximum absolute atomic E-state index is 12.5. The van der Waals surface area contributed by atoms with Gasteiger partial charge >= 0.3 is 5.97 Å². The lowest BCUT2D eigenvalue weighted by molar-refractivity contribution is -0.112. The van der Waals surface area contributed by atoms with Gasteiger partial charge in [0.2, 0.25) is 19.3 Å². The number of nitrogens with one attached hydrogen (secondary N) is 1. The Kier molecular flexibility index (Phi) is 8.52. The first kappa shape index (κ1) is 26.5. The number of carbonyl (C=O) groups is 2. The number of rotatable bonds is 9. The predicted molar refractivity (Wildman–Crippen MR) is 133 cm³/mol. The quantitative estimate of drug-likeness (QED) is 0.145.